The number of nitrogen functional groups attached to an aromatic ring is 1. The molecule has 0 spiro atoms. The normalized spacial score (nSPS) is 22.9. The van der Waals surface area contributed by atoms with Crippen molar-refractivity contribution in [3.05, 3.63) is 11.6 Å². The van der Waals surface area contributed by atoms with Crippen molar-refractivity contribution in [2.45, 2.75) is 56.5 Å². The van der Waals surface area contributed by atoms with E-state index in [1.165, 1.54) is 19.3 Å². The minimum Gasteiger partial charge on any atom is -0.370 e. The molecular weight excluding hydrogens is 228 g/mol. The van der Waals surface area contributed by atoms with Crippen LogP contribution in [0, 0.1) is 0 Å². The highest BCUT2D eigenvalue weighted by Crippen LogP contribution is 2.41. The molecule has 0 saturated heterocycles. The summed E-state index contributed by atoms with van der Waals surface area (Å²) in [6.45, 7) is 0. The molecule has 1 aromatic rings. The van der Waals surface area contributed by atoms with Gasteiger partial charge in [-0.3, -0.25) is 0 Å². The molecule has 5 nitrogen and oxygen atoms in total. The Bertz CT molecular complexity index is 439. The lowest BCUT2D eigenvalue weighted by Crippen LogP contribution is -2.34. The molecule has 98 valence electrons. The van der Waals surface area contributed by atoms with Gasteiger partial charge in [0.2, 0.25) is 5.95 Å². The van der Waals surface area contributed by atoms with Gasteiger partial charge in [0.05, 0.1) is 0 Å². The summed E-state index contributed by atoms with van der Waals surface area (Å²) in [4.78, 5) is 13.2. The van der Waals surface area contributed by atoms with E-state index in [9.17, 15) is 0 Å². The van der Waals surface area contributed by atoms with Crippen LogP contribution in [0.1, 0.15) is 62.5 Å². The molecule has 0 aromatic carbocycles. The summed E-state index contributed by atoms with van der Waals surface area (Å²) in [5.74, 6) is 2.44. The average Bonchev–Trinajstić information content (AvgIpc) is 3.23. The molecule has 1 heterocycles. The summed E-state index contributed by atoms with van der Waals surface area (Å²) in [7, 11) is 1.75. The molecular formula is C13H20N4O. The largest absolute Gasteiger partial charge is 0.370 e. The zero-order chi connectivity index (χ0) is 12.6. The van der Waals surface area contributed by atoms with Crippen molar-refractivity contribution < 1.29 is 4.74 Å². The standard InChI is InChI=1S/C13H20N4O/c1-18-13(7-3-2-4-8-13)11-15-10(9-5-6-9)16-12(14)17-11/h9H,2-8H2,1H3,(H2,14,15,16,17). The van der Waals surface area contributed by atoms with Crippen molar-refractivity contribution in [2.75, 3.05) is 12.8 Å². The van der Waals surface area contributed by atoms with Crippen LogP contribution < -0.4 is 5.73 Å². The third-order valence-electron chi connectivity index (χ3n) is 4.07. The zero-order valence-corrected chi connectivity index (χ0v) is 10.9. The van der Waals surface area contributed by atoms with Gasteiger partial charge in [0.15, 0.2) is 5.82 Å². The van der Waals surface area contributed by atoms with E-state index in [-0.39, 0.29) is 5.60 Å². The summed E-state index contributed by atoms with van der Waals surface area (Å²) >= 11 is 0. The summed E-state index contributed by atoms with van der Waals surface area (Å²) in [5.41, 5.74) is 5.49. The molecule has 2 saturated carbocycles. The number of hydrogen-bond donors (Lipinski definition) is 1. The molecule has 0 amide bonds. The molecule has 1 aromatic heterocycles. The maximum absolute atomic E-state index is 5.83. The quantitative estimate of drug-likeness (QED) is 0.887. The Labute approximate surface area is 107 Å². The van der Waals surface area contributed by atoms with Gasteiger partial charge in [0.25, 0.3) is 0 Å². The number of hydrogen-bond acceptors (Lipinski definition) is 5. The van der Waals surface area contributed by atoms with Crippen LogP contribution >= 0.6 is 0 Å². The van der Waals surface area contributed by atoms with E-state index in [2.05, 4.69) is 15.0 Å². The molecule has 18 heavy (non-hydrogen) atoms. The summed E-state index contributed by atoms with van der Waals surface area (Å²) < 4.78 is 5.77. The van der Waals surface area contributed by atoms with Gasteiger partial charge >= 0.3 is 0 Å². The van der Waals surface area contributed by atoms with E-state index >= 15 is 0 Å². The molecule has 2 N–H and O–H groups in total. The van der Waals surface area contributed by atoms with Crippen LogP contribution in [0.5, 0.6) is 0 Å². The first kappa shape index (κ1) is 11.8. The van der Waals surface area contributed by atoms with E-state index in [1.807, 2.05) is 0 Å². The van der Waals surface area contributed by atoms with E-state index in [0.717, 1.165) is 37.3 Å². The van der Waals surface area contributed by atoms with E-state index in [1.54, 1.807) is 7.11 Å². The van der Waals surface area contributed by atoms with E-state index in [0.29, 0.717) is 11.9 Å². The number of anilines is 1. The number of nitrogens with two attached hydrogens (primary N) is 1. The number of rotatable bonds is 3. The lowest BCUT2D eigenvalue weighted by atomic mass is 9.84. The van der Waals surface area contributed by atoms with Crippen molar-refractivity contribution in [3.8, 4) is 0 Å². The molecule has 0 unspecified atom stereocenters. The zero-order valence-electron chi connectivity index (χ0n) is 10.9. The smallest absolute Gasteiger partial charge is 0.223 e. The second-order valence-corrected chi connectivity index (χ2v) is 5.41. The maximum Gasteiger partial charge on any atom is 0.223 e. The summed E-state index contributed by atoms with van der Waals surface area (Å²) in [6, 6.07) is 0. The third kappa shape index (κ3) is 2.07. The van der Waals surface area contributed by atoms with Gasteiger partial charge < -0.3 is 10.5 Å². The fourth-order valence-corrected chi connectivity index (χ4v) is 2.78. The Morgan fingerprint density at radius 3 is 2.44 bits per heavy atom. The van der Waals surface area contributed by atoms with E-state index < -0.39 is 0 Å². The molecule has 2 fully saturated rings. The van der Waals surface area contributed by atoms with Crippen molar-refractivity contribution in [1.82, 2.24) is 15.0 Å². The van der Waals surface area contributed by atoms with Gasteiger partial charge in [-0.1, -0.05) is 19.3 Å². The Morgan fingerprint density at radius 2 is 1.83 bits per heavy atom. The minimum atomic E-state index is -0.334. The SMILES string of the molecule is COC1(c2nc(N)nc(C3CC3)n2)CCCCC1. The first-order chi connectivity index (χ1) is 8.73. The topological polar surface area (TPSA) is 73.9 Å². The molecule has 0 aliphatic heterocycles. The maximum atomic E-state index is 5.83. The van der Waals surface area contributed by atoms with Gasteiger partial charge in [-0.2, -0.15) is 9.97 Å². The van der Waals surface area contributed by atoms with Crippen molar-refractivity contribution in [1.29, 1.82) is 0 Å². The highest BCUT2D eigenvalue weighted by Gasteiger charge is 2.38. The minimum absolute atomic E-state index is 0.334. The van der Waals surface area contributed by atoms with Crippen LogP contribution in [-0.4, -0.2) is 22.1 Å². The van der Waals surface area contributed by atoms with Crippen LogP contribution in [0.2, 0.25) is 0 Å². The van der Waals surface area contributed by atoms with Crippen molar-refractivity contribution in [3.63, 3.8) is 0 Å². The number of aromatic nitrogens is 3. The van der Waals surface area contributed by atoms with Gasteiger partial charge in [-0.25, -0.2) is 4.98 Å². The number of ether oxygens (including phenoxy) is 1. The second-order valence-electron chi connectivity index (χ2n) is 5.41. The van der Waals surface area contributed by atoms with Gasteiger partial charge in [-0.05, 0) is 25.7 Å². The Hall–Kier alpha value is -1.23. The fraction of sp³-hybridized carbons (Fsp3) is 0.769. The highest BCUT2D eigenvalue weighted by atomic mass is 16.5. The molecule has 2 aliphatic carbocycles. The van der Waals surface area contributed by atoms with Crippen LogP contribution in [0.4, 0.5) is 5.95 Å². The van der Waals surface area contributed by atoms with Crippen LogP contribution in [-0.2, 0) is 10.3 Å². The Balaban J connectivity index is 1.97. The number of methoxy groups -OCH3 is 1. The highest BCUT2D eigenvalue weighted by molar-refractivity contribution is 5.22. The molecule has 3 rings (SSSR count). The fourth-order valence-electron chi connectivity index (χ4n) is 2.78. The predicted octanol–water partition coefficient (Wildman–Crippen LogP) is 2.14. The van der Waals surface area contributed by atoms with Gasteiger partial charge in [-0.15, -0.1) is 0 Å². The van der Waals surface area contributed by atoms with Gasteiger partial charge in [0, 0.05) is 13.0 Å². The van der Waals surface area contributed by atoms with Crippen LogP contribution in [0.15, 0.2) is 0 Å². The summed E-state index contributed by atoms with van der Waals surface area (Å²) in [6.07, 6.45) is 7.90. The third-order valence-corrected chi connectivity index (χ3v) is 4.07. The molecule has 0 bridgehead atoms. The van der Waals surface area contributed by atoms with Crippen molar-refractivity contribution in [2.24, 2.45) is 0 Å². The average molecular weight is 248 g/mol. The second kappa shape index (κ2) is 4.46. The number of nitrogens with zero attached hydrogens (tertiary/aromatic N) is 3. The van der Waals surface area contributed by atoms with Crippen LogP contribution in [0.3, 0.4) is 0 Å². The van der Waals surface area contributed by atoms with E-state index in [4.69, 9.17) is 10.5 Å². The lowest BCUT2D eigenvalue weighted by molar-refractivity contribution is -0.0517. The lowest BCUT2D eigenvalue weighted by Gasteiger charge is -2.34. The molecule has 0 radical (unpaired) electrons. The van der Waals surface area contributed by atoms with Gasteiger partial charge in [0.1, 0.15) is 11.4 Å². The van der Waals surface area contributed by atoms with Crippen LogP contribution in [0.25, 0.3) is 0 Å². The monoisotopic (exact) mass is 248 g/mol. The Kier molecular flexibility index (Phi) is 2.93. The Morgan fingerprint density at radius 1 is 1.11 bits per heavy atom. The molecule has 2 aliphatic rings. The summed E-state index contributed by atoms with van der Waals surface area (Å²) in [5, 5.41) is 0. The first-order valence-corrected chi connectivity index (χ1v) is 6.80. The predicted molar refractivity (Wildman–Crippen MR) is 68.0 cm³/mol. The van der Waals surface area contributed by atoms with Crippen molar-refractivity contribution >= 4 is 5.95 Å². The molecule has 5 heteroatoms. The first-order valence-electron chi connectivity index (χ1n) is 6.80. The molecule has 0 atom stereocenters.